The molecule has 0 spiro atoms. The molecule has 1 aliphatic heterocycles. The first kappa shape index (κ1) is 25.2. The number of benzene rings is 3. The van der Waals surface area contributed by atoms with Gasteiger partial charge in [0.15, 0.2) is 0 Å². The summed E-state index contributed by atoms with van der Waals surface area (Å²) < 4.78 is 1.12. The average Bonchev–Trinajstić information content (AvgIpc) is 2.80. The van der Waals surface area contributed by atoms with Crippen LogP contribution in [0.15, 0.2) is 78.9 Å². The van der Waals surface area contributed by atoms with E-state index in [4.69, 9.17) is 0 Å². The fraction of sp³-hybridized carbons (Fsp3) is 0.276. The van der Waals surface area contributed by atoms with E-state index < -0.39 is 0 Å². The maximum Gasteiger partial charge on any atom is 0.248 e. The molecular weight excluding hydrogens is 519 g/mol. The summed E-state index contributed by atoms with van der Waals surface area (Å²) in [6, 6.07) is 25.0. The van der Waals surface area contributed by atoms with Crippen molar-refractivity contribution in [2.45, 2.75) is 32.7 Å². The van der Waals surface area contributed by atoms with Gasteiger partial charge < -0.3 is 33.8 Å². The van der Waals surface area contributed by atoms with Gasteiger partial charge >= 0.3 is 0 Å². The standard InChI is InChI=1S/C29H32N2O.HI/c1-23-9-14-26(15-10-23)27-8-6-7-24(21-27)13-18-29(32)30-28-16-11-25(12-17-28)22-31(2)19-4-3-5-20-31;/h6-18,21H,3-5,19-20,22H2,1-2H3;1H. The molecule has 0 saturated carbocycles. The largest absolute Gasteiger partial charge is 1.00 e. The lowest BCUT2D eigenvalue weighted by Gasteiger charge is -2.37. The molecule has 3 aromatic carbocycles. The van der Waals surface area contributed by atoms with Gasteiger partial charge in [0.05, 0.1) is 20.1 Å². The molecule has 0 aromatic heterocycles. The van der Waals surface area contributed by atoms with Crippen LogP contribution in [0.5, 0.6) is 0 Å². The third-order valence-electron chi connectivity index (χ3n) is 6.38. The van der Waals surface area contributed by atoms with Crippen molar-refractivity contribution in [2.24, 2.45) is 0 Å². The summed E-state index contributed by atoms with van der Waals surface area (Å²) in [5.41, 5.74) is 6.74. The predicted molar refractivity (Wildman–Crippen MR) is 134 cm³/mol. The third-order valence-corrected chi connectivity index (χ3v) is 6.38. The van der Waals surface area contributed by atoms with Crippen molar-refractivity contribution in [3.63, 3.8) is 0 Å². The van der Waals surface area contributed by atoms with Crippen LogP contribution >= 0.6 is 0 Å². The number of nitrogens with zero attached hydrogens (tertiary/aromatic N) is 1. The zero-order valence-electron chi connectivity index (χ0n) is 19.6. The van der Waals surface area contributed by atoms with Crippen molar-refractivity contribution < 1.29 is 33.3 Å². The Bertz CT molecular complexity index is 1080. The lowest BCUT2D eigenvalue weighted by atomic mass is 10.0. The molecule has 0 unspecified atom stereocenters. The van der Waals surface area contributed by atoms with Crippen molar-refractivity contribution in [1.82, 2.24) is 0 Å². The van der Waals surface area contributed by atoms with Gasteiger partial charge in [-0.15, -0.1) is 0 Å². The molecule has 0 radical (unpaired) electrons. The number of hydrogen-bond acceptors (Lipinski definition) is 1. The average molecular weight is 553 g/mol. The minimum absolute atomic E-state index is 0. The number of amides is 1. The van der Waals surface area contributed by atoms with E-state index in [9.17, 15) is 4.79 Å². The Morgan fingerprint density at radius 3 is 2.30 bits per heavy atom. The quantitative estimate of drug-likeness (QED) is 0.284. The highest BCUT2D eigenvalue weighted by Crippen LogP contribution is 2.22. The van der Waals surface area contributed by atoms with E-state index in [1.165, 1.54) is 49.0 Å². The number of anilines is 1. The Morgan fingerprint density at radius 2 is 1.61 bits per heavy atom. The number of piperidine rings is 1. The number of halogens is 1. The van der Waals surface area contributed by atoms with Crippen LogP contribution in [0.1, 0.15) is 36.0 Å². The van der Waals surface area contributed by atoms with Crippen LogP contribution in [-0.2, 0) is 11.3 Å². The Balaban J connectivity index is 0.00000306. The van der Waals surface area contributed by atoms with Crippen LogP contribution in [0, 0.1) is 6.92 Å². The van der Waals surface area contributed by atoms with Crippen LogP contribution < -0.4 is 29.3 Å². The zero-order chi connectivity index (χ0) is 22.4. The molecule has 4 rings (SSSR count). The maximum absolute atomic E-state index is 12.4. The van der Waals surface area contributed by atoms with Crippen molar-refractivity contribution in [3.8, 4) is 11.1 Å². The molecule has 0 aliphatic carbocycles. The van der Waals surface area contributed by atoms with Crippen molar-refractivity contribution in [3.05, 3.63) is 95.6 Å². The first-order chi connectivity index (χ1) is 15.5. The minimum Gasteiger partial charge on any atom is -1.00 e. The van der Waals surface area contributed by atoms with E-state index in [0.717, 1.165) is 27.8 Å². The molecule has 3 nitrogen and oxygen atoms in total. The Morgan fingerprint density at radius 1 is 0.909 bits per heavy atom. The summed E-state index contributed by atoms with van der Waals surface area (Å²) in [4.78, 5) is 12.4. The Hall–Kier alpha value is -2.44. The van der Waals surface area contributed by atoms with Gasteiger partial charge in [-0.1, -0.05) is 60.2 Å². The van der Waals surface area contributed by atoms with Gasteiger partial charge in [-0.05, 0) is 67.2 Å². The number of carbonyl (C=O) groups is 1. The monoisotopic (exact) mass is 552 g/mol. The highest BCUT2D eigenvalue weighted by Gasteiger charge is 2.24. The highest BCUT2D eigenvalue weighted by atomic mass is 127. The van der Waals surface area contributed by atoms with Gasteiger partial charge in [0, 0.05) is 17.3 Å². The van der Waals surface area contributed by atoms with Crippen LogP contribution in [0.4, 0.5) is 5.69 Å². The second kappa shape index (κ2) is 11.6. The summed E-state index contributed by atoms with van der Waals surface area (Å²) in [5.74, 6) is -0.117. The number of hydrogen-bond donors (Lipinski definition) is 1. The normalized spacial score (nSPS) is 15.1. The van der Waals surface area contributed by atoms with Crippen molar-refractivity contribution >= 4 is 17.7 Å². The van der Waals surface area contributed by atoms with E-state index in [1.807, 2.05) is 30.3 Å². The van der Waals surface area contributed by atoms with Crippen molar-refractivity contribution in [2.75, 3.05) is 25.5 Å². The third kappa shape index (κ3) is 7.27. The van der Waals surface area contributed by atoms with E-state index in [-0.39, 0.29) is 29.9 Å². The van der Waals surface area contributed by atoms with E-state index in [0.29, 0.717) is 0 Å². The Labute approximate surface area is 215 Å². The van der Waals surface area contributed by atoms with Crippen molar-refractivity contribution in [1.29, 1.82) is 0 Å². The van der Waals surface area contributed by atoms with Crippen LogP contribution in [0.3, 0.4) is 0 Å². The van der Waals surface area contributed by atoms with Crippen LogP contribution in [-0.4, -0.2) is 30.5 Å². The molecule has 3 aromatic rings. The number of carbonyl (C=O) groups excluding carboxylic acids is 1. The van der Waals surface area contributed by atoms with E-state index in [2.05, 4.69) is 67.8 Å². The second-order valence-corrected chi connectivity index (χ2v) is 9.30. The van der Waals surface area contributed by atoms with Gasteiger partial charge in [0.2, 0.25) is 5.91 Å². The summed E-state index contributed by atoms with van der Waals surface area (Å²) in [7, 11) is 2.35. The molecule has 1 fully saturated rings. The summed E-state index contributed by atoms with van der Waals surface area (Å²) in [5, 5.41) is 2.97. The molecule has 0 bridgehead atoms. The van der Waals surface area contributed by atoms with Crippen LogP contribution in [0.2, 0.25) is 0 Å². The molecule has 0 atom stereocenters. The van der Waals surface area contributed by atoms with E-state index >= 15 is 0 Å². The SMILES string of the molecule is Cc1ccc(-c2cccc(C=CC(=O)Nc3ccc(C[N+]4(C)CCCCC4)cc3)c2)cc1.[I-]. The predicted octanol–water partition coefficient (Wildman–Crippen LogP) is 3.45. The van der Waals surface area contributed by atoms with Gasteiger partial charge in [-0.3, -0.25) is 4.79 Å². The topological polar surface area (TPSA) is 29.1 Å². The summed E-state index contributed by atoms with van der Waals surface area (Å²) in [6.45, 7) is 5.67. The molecule has 1 amide bonds. The molecule has 33 heavy (non-hydrogen) atoms. The molecule has 4 heteroatoms. The zero-order valence-corrected chi connectivity index (χ0v) is 21.7. The summed E-state index contributed by atoms with van der Waals surface area (Å²) in [6.07, 6.45) is 7.48. The first-order valence-corrected chi connectivity index (χ1v) is 11.6. The molecule has 1 saturated heterocycles. The lowest BCUT2D eigenvalue weighted by Crippen LogP contribution is -3.00. The first-order valence-electron chi connectivity index (χ1n) is 11.6. The van der Waals surface area contributed by atoms with Crippen LogP contribution in [0.25, 0.3) is 17.2 Å². The van der Waals surface area contributed by atoms with Gasteiger partial charge in [0.1, 0.15) is 6.54 Å². The van der Waals surface area contributed by atoms with Gasteiger partial charge in [0.25, 0.3) is 0 Å². The number of nitrogens with one attached hydrogen (secondary N) is 1. The fourth-order valence-corrected chi connectivity index (χ4v) is 4.49. The smallest absolute Gasteiger partial charge is 0.248 e. The fourth-order valence-electron chi connectivity index (χ4n) is 4.49. The number of likely N-dealkylation sites (tertiary alicyclic amines) is 1. The van der Waals surface area contributed by atoms with Gasteiger partial charge in [-0.25, -0.2) is 0 Å². The molecule has 172 valence electrons. The van der Waals surface area contributed by atoms with E-state index in [1.54, 1.807) is 6.08 Å². The minimum atomic E-state index is -0.117. The molecular formula is C29H33IN2O. The second-order valence-electron chi connectivity index (χ2n) is 9.30. The molecule has 1 heterocycles. The van der Waals surface area contributed by atoms with Gasteiger partial charge in [-0.2, -0.15) is 0 Å². The maximum atomic E-state index is 12.4. The molecule has 1 N–H and O–H groups in total. The Kier molecular flexibility index (Phi) is 8.87. The number of quaternary nitrogens is 1. The number of aryl methyl sites for hydroxylation is 1. The lowest BCUT2D eigenvalue weighted by molar-refractivity contribution is -0.926. The number of rotatable bonds is 6. The highest BCUT2D eigenvalue weighted by molar-refractivity contribution is 6.02. The molecule has 1 aliphatic rings. The summed E-state index contributed by atoms with van der Waals surface area (Å²) >= 11 is 0.